The van der Waals surface area contributed by atoms with Crippen molar-refractivity contribution in [2.24, 2.45) is 5.92 Å². The molecule has 2 aliphatic heterocycles. The van der Waals surface area contributed by atoms with Crippen molar-refractivity contribution in [3.63, 3.8) is 0 Å². The minimum Gasteiger partial charge on any atom is -0.490 e. The molecule has 0 aromatic heterocycles. The summed E-state index contributed by atoms with van der Waals surface area (Å²) in [6, 6.07) is 3.81. The zero-order valence-corrected chi connectivity index (χ0v) is 11.4. The fourth-order valence-corrected chi connectivity index (χ4v) is 3.43. The van der Waals surface area contributed by atoms with Crippen LogP contribution in [-0.2, 0) is 0 Å². The Balaban J connectivity index is 2.07. The highest BCUT2D eigenvalue weighted by molar-refractivity contribution is 8.00. The average Bonchev–Trinajstić information content (AvgIpc) is 2.59. The Bertz CT molecular complexity index is 498. The molecule has 0 spiro atoms. The molecule has 96 valence electrons. The topological polar surface area (TPSA) is 35.5 Å². The van der Waals surface area contributed by atoms with Gasteiger partial charge in [-0.3, -0.25) is 4.79 Å². The van der Waals surface area contributed by atoms with Crippen molar-refractivity contribution >= 4 is 17.5 Å². The molecule has 2 unspecified atom stereocenters. The van der Waals surface area contributed by atoms with E-state index in [-0.39, 0.29) is 11.7 Å². The van der Waals surface area contributed by atoms with Crippen LogP contribution >= 0.6 is 11.8 Å². The maximum Gasteiger partial charge on any atom is 0.168 e. The molecule has 3 nitrogen and oxygen atoms in total. The first-order valence-corrected chi connectivity index (χ1v) is 7.19. The normalized spacial score (nSPS) is 26.4. The molecule has 2 aliphatic rings. The lowest BCUT2D eigenvalue weighted by atomic mass is 9.95. The molecule has 2 heterocycles. The van der Waals surface area contributed by atoms with Gasteiger partial charge in [-0.2, -0.15) is 0 Å². The molecule has 0 fully saturated rings. The summed E-state index contributed by atoms with van der Waals surface area (Å²) in [6.45, 7) is 5.42. The van der Waals surface area contributed by atoms with Gasteiger partial charge in [0.05, 0.1) is 13.2 Å². The van der Waals surface area contributed by atoms with Crippen molar-refractivity contribution in [2.75, 3.05) is 13.2 Å². The zero-order chi connectivity index (χ0) is 12.7. The van der Waals surface area contributed by atoms with Crippen LogP contribution in [0.3, 0.4) is 0 Å². The van der Waals surface area contributed by atoms with Gasteiger partial charge < -0.3 is 9.47 Å². The summed E-state index contributed by atoms with van der Waals surface area (Å²) in [4.78, 5) is 13.3. The maximum absolute atomic E-state index is 12.3. The Morgan fingerprint density at radius 2 is 1.83 bits per heavy atom. The van der Waals surface area contributed by atoms with E-state index < -0.39 is 0 Å². The predicted octanol–water partition coefficient (Wildman–Crippen LogP) is 3.16. The second-order valence-corrected chi connectivity index (χ2v) is 6.24. The summed E-state index contributed by atoms with van der Waals surface area (Å²) < 4.78 is 11.3. The van der Waals surface area contributed by atoms with Gasteiger partial charge in [-0.05, 0) is 12.1 Å². The molecule has 0 saturated heterocycles. The van der Waals surface area contributed by atoms with Crippen molar-refractivity contribution in [1.29, 1.82) is 0 Å². The third-order valence-corrected chi connectivity index (χ3v) is 4.92. The summed E-state index contributed by atoms with van der Waals surface area (Å²) in [6.07, 6.45) is 0.882. The fourth-order valence-electron chi connectivity index (χ4n) is 2.24. The number of ether oxygens (including phenoxy) is 2. The highest BCUT2D eigenvalue weighted by Crippen LogP contribution is 2.43. The van der Waals surface area contributed by atoms with Crippen molar-refractivity contribution in [3.8, 4) is 11.5 Å². The van der Waals surface area contributed by atoms with Gasteiger partial charge >= 0.3 is 0 Å². The molecule has 18 heavy (non-hydrogen) atoms. The molecule has 0 N–H and O–H groups in total. The number of hydrogen-bond donors (Lipinski definition) is 0. The van der Waals surface area contributed by atoms with Gasteiger partial charge in [-0.1, -0.05) is 13.8 Å². The van der Waals surface area contributed by atoms with E-state index in [0.29, 0.717) is 24.2 Å². The van der Waals surface area contributed by atoms with Crippen LogP contribution in [0, 0.1) is 5.92 Å². The summed E-state index contributed by atoms with van der Waals surface area (Å²) in [7, 11) is 0. The van der Waals surface area contributed by atoms with Crippen LogP contribution in [0.2, 0.25) is 0 Å². The molecule has 4 heteroatoms. The molecule has 0 saturated carbocycles. The van der Waals surface area contributed by atoms with Gasteiger partial charge in [0.1, 0.15) is 0 Å². The number of thioether (sulfide) groups is 1. The average molecular weight is 264 g/mol. The third-order valence-electron chi connectivity index (χ3n) is 3.55. The number of rotatable bonds is 0. The van der Waals surface area contributed by atoms with Gasteiger partial charge in [0, 0.05) is 28.0 Å². The van der Waals surface area contributed by atoms with Gasteiger partial charge in [0.2, 0.25) is 0 Å². The van der Waals surface area contributed by atoms with E-state index in [4.69, 9.17) is 9.47 Å². The number of hydrogen-bond acceptors (Lipinski definition) is 4. The Morgan fingerprint density at radius 3 is 2.56 bits per heavy atom. The Kier molecular flexibility index (Phi) is 2.98. The largest absolute Gasteiger partial charge is 0.490 e. The van der Waals surface area contributed by atoms with E-state index in [1.807, 2.05) is 19.1 Å². The van der Waals surface area contributed by atoms with E-state index in [1.54, 1.807) is 11.8 Å². The van der Waals surface area contributed by atoms with Crippen molar-refractivity contribution in [2.45, 2.75) is 30.4 Å². The van der Waals surface area contributed by atoms with E-state index in [0.717, 1.165) is 22.6 Å². The quantitative estimate of drug-likeness (QED) is 0.721. The highest BCUT2D eigenvalue weighted by atomic mass is 32.2. The summed E-state index contributed by atoms with van der Waals surface area (Å²) in [5, 5.41) is 0.315. The molecule has 0 amide bonds. The van der Waals surface area contributed by atoms with E-state index in [1.165, 1.54) is 0 Å². The van der Waals surface area contributed by atoms with E-state index in [9.17, 15) is 4.79 Å². The Hall–Kier alpha value is -1.16. The standard InChI is InChI=1S/C14H16O3S/c1-8-9(2)18-13-7-12-11(6-10(13)14(8)15)16-4-3-5-17-12/h6-9H,3-5H2,1-2H3. The molecule has 0 radical (unpaired) electrons. The molecule has 1 aromatic rings. The summed E-state index contributed by atoms with van der Waals surface area (Å²) >= 11 is 1.75. The number of Topliss-reactive ketones (excluding diaryl/α,β-unsaturated/α-hetero) is 1. The minimum atomic E-state index is 0.0623. The first-order chi connectivity index (χ1) is 8.66. The molecule has 2 atom stereocenters. The lowest BCUT2D eigenvalue weighted by molar-refractivity contribution is 0.0923. The number of benzene rings is 1. The van der Waals surface area contributed by atoms with Crippen molar-refractivity contribution in [1.82, 2.24) is 0 Å². The smallest absolute Gasteiger partial charge is 0.168 e. The first-order valence-electron chi connectivity index (χ1n) is 6.31. The van der Waals surface area contributed by atoms with Crippen LogP contribution in [0.25, 0.3) is 0 Å². The molecular weight excluding hydrogens is 248 g/mol. The van der Waals surface area contributed by atoms with Crippen LogP contribution in [-0.4, -0.2) is 24.2 Å². The van der Waals surface area contributed by atoms with Crippen molar-refractivity contribution in [3.05, 3.63) is 17.7 Å². The Morgan fingerprint density at radius 1 is 1.17 bits per heavy atom. The SMILES string of the molecule is CC1Sc2cc3c(cc2C(=O)C1C)OCCCO3. The number of carbonyl (C=O) groups is 1. The van der Waals surface area contributed by atoms with Gasteiger partial charge in [0.15, 0.2) is 17.3 Å². The second-order valence-electron chi connectivity index (χ2n) is 4.82. The number of fused-ring (bicyclic) bond motifs is 2. The van der Waals surface area contributed by atoms with E-state index in [2.05, 4.69) is 6.92 Å². The van der Waals surface area contributed by atoms with E-state index >= 15 is 0 Å². The number of ketones is 1. The monoisotopic (exact) mass is 264 g/mol. The van der Waals surface area contributed by atoms with Crippen LogP contribution in [0.1, 0.15) is 30.6 Å². The van der Waals surface area contributed by atoms with Crippen LogP contribution in [0.15, 0.2) is 17.0 Å². The van der Waals surface area contributed by atoms with Crippen LogP contribution in [0.5, 0.6) is 11.5 Å². The highest BCUT2D eigenvalue weighted by Gasteiger charge is 2.32. The van der Waals surface area contributed by atoms with Crippen LogP contribution < -0.4 is 9.47 Å². The molecule has 1 aromatic carbocycles. The minimum absolute atomic E-state index is 0.0623. The lowest BCUT2D eigenvalue weighted by Gasteiger charge is -2.26. The van der Waals surface area contributed by atoms with Crippen LogP contribution in [0.4, 0.5) is 0 Å². The first kappa shape index (κ1) is 11.9. The van der Waals surface area contributed by atoms with Gasteiger partial charge in [0.25, 0.3) is 0 Å². The predicted molar refractivity (Wildman–Crippen MR) is 70.9 cm³/mol. The number of carbonyl (C=O) groups excluding carboxylic acids is 1. The summed E-state index contributed by atoms with van der Waals surface area (Å²) in [5.74, 6) is 1.76. The zero-order valence-electron chi connectivity index (χ0n) is 10.6. The molecular formula is C14H16O3S. The Labute approximate surface area is 111 Å². The van der Waals surface area contributed by atoms with Gasteiger partial charge in [-0.25, -0.2) is 0 Å². The van der Waals surface area contributed by atoms with Gasteiger partial charge in [-0.15, -0.1) is 11.8 Å². The molecule has 3 rings (SSSR count). The second kappa shape index (κ2) is 4.50. The third kappa shape index (κ3) is 1.88. The molecule has 0 bridgehead atoms. The summed E-state index contributed by atoms with van der Waals surface area (Å²) in [5.41, 5.74) is 0.787. The molecule has 0 aliphatic carbocycles. The lowest BCUT2D eigenvalue weighted by Crippen LogP contribution is -2.25. The van der Waals surface area contributed by atoms with Crippen molar-refractivity contribution < 1.29 is 14.3 Å². The fraction of sp³-hybridized carbons (Fsp3) is 0.500. The maximum atomic E-state index is 12.3.